The second-order valence-electron chi connectivity index (χ2n) is 8.01. The average molecular weight is 481 g/mol. The van der Waals surface area contributed by atoms with Gasteiger partial charge in [-0.2, -0.15) is 0 Å². The number of para-hydroxylation sites is 2. The van der Waals surface area contributed by atoms with Crippen LogP contribution < -0.4 is 10.2 Å². The van der Waals surface area contributed by atoms with Gasteiger partial charge >= 0.3 is 0 Å². The standard InChI is InChI=1S/C24H25ClN6OS/c25-19-8-2-4-10-21(19)31-23(30-13-5-6-14-30)28-29-24(31)33-16-22(32)26-12-11-17-15-27-20-9-3-1-7-18(17)20/h1-4,7-10,15,27H,5-6,11-14,16H2,(H,26,32). The molecule has 0 bridgehead atoms. The van der Waals surface area contributed by atoms with Crippen molar-refractivity contribution in [3.05, 3.63) is 65.3 Å². The number of hydrogen-bond acceptors (Lipinski definition) is 5. The van der Waals surface area contributed by atoms with Gasteiger partial charge in [-0.3, -0.25) is 9.36 Å². The molecule has 0 radical (unpaired) electrons. The Kier molecular flexibility index (Phi) is 6.55. The number of aromatic nitrogens is 4. The summed E-state index contributed by atoms with van der Waals surface area (Å²) in [6, 6.07) is 15.9. The third-order valence-electron chi connectivity index (χ3n) is 5.82. The van der Waals surface area contributed by atoms with Crippen LogP contribution in [0.25, 0.3) is 16.6 Å². The minimum Gasteiger partial charge on any atom is -0.361 e. The first-order chi connectivity index (χ1) is 16.2. The summed E-state index contributed by atoms with van der Waals surface area (Å²) in [5.41, 5.74) is 3.14. The minimum absolute atomic E-state index is 0.0312. The van der Waals surface area contributed by atoms with Gasteiger partial charge < -0.3 is 15.2 Å². The first kappa shape index (κ1) is 21.9. The Bertz CT molecular complexity index is 1260. The third kappa shape index (κ3) is 4.72. The van der Waals surface area contributed by atoms with Crippen LogP contribution in [-0.4, -0.2) is 51.0 Å². The Labute approximate surface area is 201 Å². The highest BCUT2D eigenvalue weighted by Crippen LogP contribution is 2.31. The maximum absolute atomic E-state index is 12.6. The van der Waals surface area contributed by atoms with Crippen LogP contribution in [0.4, 0.5) is 5.95 Å². The van der Waals surface area contributed by atoms with E-state index in [2.05, 4.69) is 37.5 Å². The summed E-state index contributed by atoms with van der Waals surface area (Å²) in [5.74, 6) is 1.01. The number of thioether (sulfide) groups is 1. The quantitative estimate of drug-likeness (QED) is 0.364. The second-order valence-corrected chi connectivity index (χ2v) is 9.36. The molecule has 2 N–H and O–H groups in total. The van der Waals surface area contributed by atoms with Gasteiger partial charge in [0.15, 0.2) is 5.16 Å². The van der Waals surface area contributed by atoms with Crippen LogP contribution >= 0.6 is 23.4 Å². The van der Waals surface area contributed by atoms with E-state index < -0.39 is 0 Å². The van der Waals surface area contributed by atoms with Gasteiger partial charge in [0, 0.05) is 36.7 Å². The van der Waals surface area contributed by atoms with Crippen LogP contribution in [0.3, 0.4) is 0 Å². The fourth-order valence-electron chi connectivity index (χ4n) is 4.18. The number of hydrogen-bond donors (Lipinski definition) is 2. The third-order valence-corrected chi connectivity index (χ3v) is 7.07. The highest BCUT2D eigenvalue weighted by molar-refractivity contribution is 7.99. The number of anilines is 1. The van der Waals surface area contributed by atoms with Gasteiger partial charge in [-0.25, -0.2) is 0 Å². The zero-order valence-corrected chi connectivity index (χ0v) is 19.7. The van der Waals surface area contributed by atoms with Crippen LogP contribution in [0.15, 0.2) is 59.9 Å². The largest absolute Gasteiger partial charge is 0.361 e. The normalized spacial score (nSPS) is 13.7. The SMILES string of the molecule is O=C(CSc1nnc(N2CCCC2)n1-c1ccccc1Cl)NCCc1c[nH]c2ccccc12. The van der Waals surface area contributed by atoms with E-state index in [1.165, 1.54) is 22.7 Å². The first-order valence-electron chi connectivity index (χ1n) is 11.1. The molecular formula is C24H25ClN6OS. The predicted molar refractivity (Wildman–Crippen MR) is 134 cm³/mol. The monoisotopic (exact) mass is 480 g/mol. The van der Waals surface area contributed by atoms with Gasteiger partial charge in [0.05, 0.1) is 16.5 Å². The number of nitrogens with zero attached hydrogens (tertiary/aromatic N) is 4. The van der Waals surface area contributed by atoms with E-state index in [1.807, 2.05) is 47.2 Å². The van der Waals surface area contributed by atoms with Crippen molar-refractivity contribution >= 4 is 46.1 Å². The van der Waals surface area contributed by atoms with Gasteiger partial charge in [0.25, 0.3) is 0 Å². The molecule has 4 aromatic rings. The van der Waals surface area contributed by atoms with Crippen LogP contribution in [0, 0.1) is 0 Å². The number of nitrogens with one attached hydrogen (secondary N) is 2. The molecule has 5 rings (SSSR count). The molecule has 1 amide bonds. The number of rotatable bonds is 8. The molecule has 9 heteroatoms. The maximum atomic E-state index is 12.6. The zero-order valence-electron chi connectivity index (χ0n) is 18.1. The lowest BCUT2D eigenvalue weighted by atomic mass is 10.1. The lowest BCUT2D eigenvalue weighted by molar-refractivity contribution is -0.118. The Morgan fingerprint density at radius 3 is 2.73 bits per heavy atom. The summed E-state index contributed by atoms with van der Waals surface area (Å²) in [7, 11) is 0. The van der Waals surface area contributed by atoms with Crippen molar-refractivity contribution in [2.24, 2.45) is 0 Å². The average Bonchev–Trinajstić information content (AvgIpc) is 3.58. The Hall–Kier alpha value is -2.97. The highest BCUT2D eigenvalue weighted by atomic mass is 35.5. The lowest BCUT2D eigenvalue weighted by Crippen LogP contribution is -2.27. The Morgan fingerprint density at radius 2 is 1.88 bits per heavy atom. The molecule has 2 aromatic carbocycles. The van der Waals surface area contributed by atoms with Crippen molar-refractivity contribution < 1.29 is 4.79 Å². The van der Waals surface area contributed by atoms with Crippen LogP contribution in [-0.2, 0) is 11.2 Å². The van der Waals surface area contributed by atoms with E-state index in [9.17, 15) is 4.79 Å². The van der Waals surface area contributed by atoms with E-state index in [4.69, 9.17) is 11.6 Å². The van der Waals surface area contributed by atoms with Crippen LogP contribution in [0.5, 0.6) is 0 Å². The van der Waals surface area contributed by atoms with Gasteiger partial charge in [-0.05, 0) is 43.0 Å². The number of carbonyl (C=O) groups is 1. The van der Waals surface area contributed by atoms with Gasteiger partial charge in [-0.15, -0.1) is 10.2 Å². The number of halogens is 1. The summed E-state index contributed by atoms with van der Waals surface area (Å²) in [4.78, 5) is 18.1. The Balaban J connectivity index is 1.24. The molecule has 170 valence electrons. The van der Waals surface area contributed by atoms with E-state index >= 15 is 0 Å². The van der Waals surface area contributed by atoms with E-state index in [0.717, 1.165) is 49.5 Å². The second kappa shape index (κ2) is 9.89. The maximum Gasteiger partial charge on any atom is 0.232 e. The molecule has 0 atom stereocenters. The molecule has 1 fully saturated rings. The van der Waals surface area contributed by atoms with E-state index in [-0.39, 0.29) is 11.7 Å². The Morgan fingerprint density at radius 1 is 1.09 bits per heavy atom. The highest BCUT2D eigenvalue weighted by Gasteiger charge is 2.23. The number of benzene rings is 2. The van der Waals surface area contributed by atoms with Crippen molar-refractivity contribution in [3.63, 3.8) is 0 Å². The fraction of sp³-hybridized carbons (Fsp3) is 0.292. The van der Waals surface area contributed by atoms with Crippen molar-refractivity contribution in [1.82, 2.24) is 25.1 Å². The molecule has 0 aliphatic carbocycles. The van der Waals surface area contributed by atoms with Crippen molar-refractivity contribution in [3.8, 4) is 5.69 Å². The number of fused-ring (bicyclic) bond motifs is 1. The van der Waals surface area contributed by atoms with E-state index in [0.29, 0.717) is 16.7 Å². The summed E-state index contributed by atoms with van der Waals surface area (Å²) in [6.07, 6.45) is 5.06. The summed E-state index contributed by atoms with van der Waals surface area (Å²) in [6.45, 7) is 2.47. The summed E-state index contributed by atoms with van der Waals surface area (Å²) < 4.78 is 1.97. The molecule has 7 nitrogen and oxygen atoms in total. The molecule has 0 spiro atoms. The molecule has 3 heterocycles. The lowest BCUT2D eigenvalue weighted by Gasteiger charge is -2.19. The van der Waals surface area contributed by atoms with Gasteiger partial charge in [-0.1, -0.05) is 53.7 Å². The summed E-state index contributed by atoms with van der Waals surface area (Å²) >= 11 is 7.88. The summed E-state index contributed by atoms with van der Waals surface area (Å²) in [5, 5.41) is 14.3. The minimum atomic E-state index is -0.0312. The number of carbonyl (C=O) groups excluding carboxylic acids is 1. The molecule has 1 aliphatic heterocycles. The number of amides is 1. The predicted octanol–water partition coefficient (Wildman–Crippen LogP) is 4.45. The van der Waals surface area contributed by atoms with Crippen LogP contribution in [0.2, 0.25) is 5.02 Å². The fourth-order valence-corrected chi connectivity index (χ4v) is 5.17. The molecule has 33 heavy (non-hydrogen) atoms. The van der Waals surface area contributed by atoms with Crippen molar-refractivity contribution in [1.29, 1.82) is 0 Å². The molecule has 1 saturated heterocycles. The molecule has 0 saturated carbocycles. The van der Waals surface area contributed by atoms with Gasteiger partial charge in [0.1, 0.15) is 0 Å². The van der Waals surface area contributed by atoms with Crippen LogP contribution in [0.1, 0.15) is 18.4 Å². The van der Waals surface area contributed by atoms with Crippen molar-refractivity contribution in [2.45, 2.75) is 24.4 Å². The van der Waals surface area contributed by atoms with Crippen molar-refractivity contribution in [2.75, 3.05) is 30.3 Å². The number of aromatic amines is 1. The van der Waals surface area contributed by atoms with Gasteiger partial charge in [0.2, 0.25) is 11.9 Å². The zero-order chi connectivity index (χ0) is 22.6. The smallest absolute Gasteiger partial charge is 0.232 e. The van der Waals surface area contributed by atoms with E-state index in [1.54, 1.807) is 0 Å². The topological polar surface area (TPSA) is 78.8 Å². The molecule has 0 unspecified atom stereocenters. The number of H-pyrrole nitrogens is 1. The molecule has 1 aliphatic rings. The molecular weight excluding hydrogens is 456 g/mol. The first-order valence-corrected chi connectivity index (χ1v) is 12.5. The molecule has 2 aromatic heterocycles.